The maximum absolute atomic E-state index is 5.43. The fourth-order valence-corrected chi connectivity index (χ4v) is 3.95. The van der Waals surface area contributed by atoms with Crippen molar-refractivity contribution in [2.75, 3.05) is 37.7 Å². The standard InChI is InChI=1S/C21H27N3O/c1-2-6-18(7-3-1)17-24-11-5-4-8-20(24)19-9-10-21(22-16-19)23-12-14-25-15-13-23/h1-3,6-7,9-10,16,20H,4-5,8,11-15,17H2. The van der Waals surface area contributed by atoms with Gasteiger partial charge in [0.2, 0.25) is 0 Å². The molecule has 2 saturated heterocycles. The lowest BCUT2D eigenvalue weighted by atomic mass is 9.95. The van der Waals surface area contributed by atoms with Gasteiger partial charge in [0.1, 0.15) is 5.82 Å². The molecule has 2 aliphatic heterocycles. The number of likely N-dealkylation sites (tertiary alicyclic amines) is 1. The van der Waals surface area contributed by atoms with Gasteiger partial charge in [-0.15, -0.1) is 0 Å². The first kappa shape index (κ1) is 16.6. The van der Waals surface area contributed by atoms with E-state index >= 15 is 0 Å². The van der Waals surface area contributed by atoms with Crippen LogP contribution in [0.4, 0.5) is 5.82 Å². The third-order valence-corrected chi connectivity index (χ3v) is 5.33. The minimum atomic E-state index is 0.486. The van der Waals surface area contributed by atoms with Crippen LogP contribution in [0.5, 0.6) is 0 Å². The topological polar surface area (TPSA) is 28.6 Å². The van der Waals surface area contributed by atoms with Crippen LogP contribution >= 0.6 is 0 Å². The summed E-state index contributed by atoms with van der Waals surface area (Å²) in [5, 5.41) is 0. The highest BCUT2D eigenvalue weighted by molar-refractivity contribution is 5.40. The van der Waals surface area contributed by atoms with E-state index in [0.29, 0.717) is 6.04 Å². The number of hydrogen-bond acceptors (Lipinski definition) is 4. The summed E-state index contributed by atoms with van der Waals surface area (Å²) in [6.45, 7) is 5.68. The molecule has 1 atom stereocenters. The molecule has 4 heteroatoms. The summed E-state index contributed by atoms with van der Waals surface area (Å²) in [7, 11) is 0. The van der Waals surface area contributed by atoms with Gasteiger partial charge in [0, 0.05) is 31.9 Å². The number of morpholine rings is 1. The smallest absolute Gasteiger partial charge is 0.128 e. The minimum absolute atomic E-state index is 0.486. The van der Waals surface area contributed by atoms with E-state index in [1.807, 2.05) is 0 Å². The lowest BCUT2D eigenvalue weighted by molar-refractivity contribution is 0.122. The van der Waals surface area contributed by atoms with Gasteiger partial charge in [0.15, 0.2) is 0 Å². The van der Waals surface area contributed by atoms with E-state index in [9.17, 15) is 0 Å². The predicted octanol–water partition coefficient (Wildman–Crippen LogP) is 3.65. The number of aromatic nitrogens is 1. The van der Waals surface area contributed by atoms with E-state index in [-0.39, 0.29) is 0 Å². The molecule has 2 aromatic rings. The first-order valence-electron chi connectivity index (χ1n) is 9.47. The molecule has 25 heavy (non-hydrogen) atoms. The largest absolute Gasteiger partial charge is 0.378 e. The number of ether oxygens (including phenoxy) is 1. The van der Waals surface area contributed by atoms with Gasteiger partial charge >= 0.3 is 0 Å². The Morgan fingerprint density at radius 2 is 1.80 bits per heavy atom. The Kier molecular flexibility index (Phi) is 5.28. The Morgan fingerprint density at radius 3 is 2.56 bits per heavy atom. The molecule has 4 nitrogen and oxygen atoms in total. The maximum Gasteiger partial charge on any atom is 0.128 e. The molecule has 1 aromatic carbocycles. The Hall–Kier alpha value is -1.91. The fourth-order valence-electron chi connectivity index (χ4n) is 3.95. The average Bonchev–Trinajstić information content (AvgIpc) is 2.70. The van der Waals surface area contributed by atoms with E-state index < -0.39 is 0 Å². The van der Waals surface area contributed by atoms with Crippen LogP contribution in [0.15, 0.2) is 48.7 Å². The molecule has 0 radical (unpaired) electrons. The molecule has 0 N–H and O–H groups in total. The monoisotopic (exact) mass is 337 g/mol. The first-order valence-corrected chi connectivity index (χ1v) is 9.47. The van der Waals surface area contributed by atoms with E-state index in [1.165, 1.54) is 36.9 Å². The molecule has 132 valence electrons. The summed E-state index contributed by atoms with van der Waals surface area (Å²) in [5.41, 5.74) is 2.75. The highest BCUT2D eigenvalue weighted by atomic mass is 16.5. The second kappa shape index (κ2) is 7.98. The summed E-state index contributed by atoms with van der Waals surface area (Å²) in [6.07, 6.45) is 5.92. The molecular weight excluding hydrogens is 310 g/mol. The number of benzene rings is 1. The number of pyridine rings is 1. The maximum atomic E-state index is 5.43. The van der Waals surface area contributed by atoms with Crippen molar-refractivity contribution in [3.8, 4) is 0 Å². The van der Waals surface area contributed by atoms with Gasteiger partial charge in [-0.05, 0) is 36.6 Å². The molecule has 0 spiro atoms. The van der Waals surface area contributed by atoms with Gasteiger partial charge in [0.25, 0.3) is 0 Å². The second-order valence-corrected chi connectivity index (χ2v) is 7.02. The first-order chi connectivity index (χ1) is 12.4. The number of piperidine rings is 1. The zero-order chi connectivity index (χ0) is 16.9. The molecule has 2 aliphatic rings. The van der Waals surface area contributed by atoms with Crippen molar-refractivity contribution in [2.45, 2.75) is 31.8 Å². The Labute approximate surface area is 150 Å². The highest BCUT2D eigenvalue weighted by Crippen LogP contribution is 2.32. The summed E-state index contributed by atoms with van der Waals surface area (Å²) >= 11 is 0. The second-order valence-electron chi connectivity index (χ2n) is 7.02. The van der Waals surface area contributed by atoms with Crippen molar-refractivity contribution < 1.29 is 4.74 Å². The van der Waals surface area contributed by atoms with Crippen molar-refractivity contribution in [3.05, 3.63) is 59.8 Å². The van der Waals surface area contributed by atoms with Crippen LogP contribution in [0, 0.1) is 0 Å². The van der Waals surface area contributed by atoms with Gasteiger partial charge in [-0.1, -0.05) is 42.8 Å². The van der Waals surface area contributed by atoms with Gasteiger partial charge < -0.3 is 9.64 Å². The molecule has 0 aliphatic carbocycles. The fraction of sp³-hybridized carbons (Fsp3) is 0.476. The predicted molar refractivity (Wildman–Crippen MR) is 101 cm³/mol. The van der Waals surface area contributed by atoms with Gasteiger partial charge in [-0.25, -0.2) is 4.98 Å². The van der Waals surface area contributed by atoms with E-state index in [4.69, 9.17) is 9.72 Å². The Bertz CT molecular complexity index is 653. The molecule has 1 unspecified atom stereocenters. The zero-order valence-corrected chi connectivity index (χ0v) is 14.8. The van der Waals surface area contributed by atoms with Crippen molar-refractivity contribution in [3.63, 3.8) is 0 Å². The number of nitrogens with zero attached hydrogens (tertiary/aromatic N) is 3. The number of anilines is 1. The van der Waals surface area contributed by atoms with Crippen molar-refractivity contribution in [2.24, 2.45) is 0 Å². The lowest BCUT2D eigenvalue weighted by Crippen LogP contribution is -2.37. The third kappa shape index (κ3) is 4.02. The Balaban J connectivity index is 1.48. The van der Waals surface area contributed by atoms with Crippen molar-refractivity contribution >= 4 is 5.82 Å². The van der Waals surface area contributed by atoms with E-state index in [1.54, 1.807) is 0 Å². The zero-order valence-electron chi connectivity index (χ0n) is 14.8. The summed E-state index contributed by atoms with van der Waals surface area (Å²) in [6, 6.07) is 15.8. The molecule has 0 saturated carbocycles. The quantitative estimate of drug-likeness (QED) is 0.851. The summed E-state index contributed by atoms with van der Waals surface area (Å²) in [4.78, 5) is 9.69. The van der Waals surface area contributed by atoms with Gasteiger partial charge in [-0.3, -0.25) is 4.90 Å². The van der Waals surface area contributed by atoms with Gasteiger partial charge in [-0.2, -0.15) is 0 Å². The SMILES string of the molecule is c1ccc(CN2CCCCC2c2ccc(N3CCOCC3)nc2)cc1. The third-order valence-electron chi connectivity index (χ3n) is 5.33. The van der Waals surface area contributed by atoms with Crippen LogP contribution in [0.1, 0.15) is 36.4 Å². The summed E-state index contributed by atoms with van der Waals surface area (Å²) < 4.78 is 5.43. The lowest BCUT2D eigenvalue weighted by Gasteiger charge is -2.36. The van der Waals surface area contributed by atoms with Gasteiger partial charge in [0.05, 0.1) is 13.2 Å². The van der Waals surface area contributed by atoms with Crippen LogP contribution in [0.3, 0.4) is 0 Å². The summed E-state index contributed by atoms with van der Waals surface area (Å²) in [5.74, 6) is 1.08. The highest BCUT2D eigenvalue weighted by Gasteiger charge is 2.24. The average molecular weight is 337 g/mol. The number of rotatable bonds is 4. The molecule has 4 rings (SSSR count). The van der Waals surface area contributed by atoms with Crippen LogP contribution in [0.2, 0.25) is 0 Å². The van der Waals surface area contributed by atoms with Crippen LogP contribution in [-0.2, 0) is 11.3 Å². The van der Waals surface area contributed by atoms with Crippen molar-refractivity contribution in [1.29, 1.82) is 0 Å². The van der Waals surface area contributed by atoms with Crippen LogP contribution in [0.25, 0.3) is 0 Å². The molecule has 0 bridgehead atoms. The molecule has 0 amide bonds. The minimum Gasteiger partial charge on any atom is -0.378 e. The molecule has 1 aromatic heterocycles. The molecule has 2 fully saturated rings. The van der Waals surface area contributed by atoms with E-state index in [2.05, 4.69) is 58.5 Å². The molecular formula is C21H27N3O. The van der Waals surface area contributed by atoms with Crippen LogP contribution in [-0.4, -0.2) is 42.7 Å². The molecule has 3 heterocycles. The van der Waals surface area contributed by atoms with Crippen LogP contribution < -0.4 is 4.90 Å². The van der Waals surface area contributed by atoms with E-state index in [0.717, 1.165) is 38.7 Å². The Morgan fingerprint density at radius 1 is 0.960 bits per heavy atom. The number of hydrogen-bond donors (Lipinski definition) is 0. The van der Waals surface area contributed by atoms with Crippen molar-refractivity contribution in [1.82, 2.24) is 9.88 Å². The normalized spacial score (nSPS) is 22.1.